The van der Waals surface area contributed by atoms with Crippen LogP contribution in [-0.4, -0.2) is 40.0 Å². The molecular weight excluding hydrogens is 336 g/mol. The lowest BCUT2D eigenvalue weighted by atomic mass is 10.0. The van der Waals surface area contributed by atoms with Gasteiger partial charge in [0.2, 0.25) is 5.91 Å². The first kappa shape index (κ1) is 13.8. The highest BCUT2D eigenvalue weighted by Gasteiger charge is 2.36. The maximum Gasteiger partial charge on any atom is 0.272 e. The van der Waals surface area contributed by atoms with E-state index in [0.717, 1.165) is 10.0 Å². The second-order valence-electron chi connectivity index (χ2n) is 4.68. The zero-order valence-corrected chi connectivity index (χ0v) is 12.6. The number of piperazine rings is 1. The van der Waals surface area contributed by atoms with Crippen LogP contribution in [0.5, 0.6) is 0 Å². The molecule has 1 aliphatic rings. The highest BCUT2D eigenvalue weighted by molar-refractivity contribution is 9.10. The van der Waals surface area contributed by atoms with Crippen molar-refractivity contribution in [1.82, 2.24) is 20.4 Å². The Morgan fingerprint density at radius 3 is 2.86 bits per heavy atom. The normalized spacial score (nSPS) is 18.4. The maximum absolute atomic E-state index is 12.6. The highest BCUT2D eigenvalue weighted by Crippen LogP contribution is 2.30. The van der Waals surface area contributed by atoms with Crippen molar-refractivity contribution < 1.29 is 9.59 Å². The first-order chi connectivity index (χ1) is 10.2. The molecular formula is C14H13BrN4O2. The zero-order chi connectivity index (χ0) is 14.8. The van der Waals surface area contributed by atoms with E-state index in [4.69, 9.17) is 0 Å². The van der Waals surface area contributed by atoms with Crippen LogP contribution in [0.15, 0.2) is 41.0 Å². The van der Waals surface area contributed by atoms with E-state index in [2.05, 4.69) is 31.4 Å². The molecule has 0 saturated carbocycles. The van der Waals surface area contributed by atoms with Crippen LogP contribution in [0.1, 0.15) is 22.1 Å². The molecule has 1 atom stereocenters. The SMILES string of the molecule is O=C1NCCN(C(=O)c2ccn[nH]2)[C@H]1c1ccccc1Br. The fourth-order valence-electron chi connectivity index (χ4n) is 2.42. The molecule has 0 radical (unpaired) electrons. The van der Waals surface area contributed by atoms with Crippen LogP contribution >= 0.6 is 15.9 Å². The molecule has 0 aliphatic carbocycles. The molecule has 2 aromatic rings. The molecule has 1 aromatic heterocycles. The van der Waals surface area contributed by atoms with Crippen molar-refractivity contribution >= 4 is 27.7 Å². The highest BCUT2D eigenvalue weighted by atomic mass is 79.9. The molecule has 2 N–H and O–H groups in total. The molecule has 1 saturated heterocycles. The molecule has 2 amide bonds. The largest absolute Gasteiger partial charge is 0.352 e. The van der Waals surface area contributed by atoms with Crippen molar-refractivity contribution in [3.05, 3.63) is 52.3 Å². The van der Waals surface area contributed by atoms with Gasteiger partial charge >= 0.3 is 0 Å². The quantitative estimate of drug-likeness (QED) is 0.862. The first-order valence-corrected chi connectivity index (χ1v) is 7.30. The summed E-state index contributed by atoms with van der Waals surface area (Å²) < 4.78 is 0.800. The van der Waals surface area contributed by atoms with E-state index < -0.39 is 6.04 Å². The zero-order valence-electron chi connectivity index (χ0n) is 11.0. The molecule has 2 heterocycles. The second kappa shape index (κ2) is 5.69. The fourth-order valence-corrected chi connectivity index (χ4v) is 2.92. The Hall–Kier alpha value is -2.15. The molecule has 21 heavy (non-hydrogen) atoms. The number of hydrogen-bond acceptors (Lipinski definition) is 3. The van der Waals surface area contributed by atoms with E-state index in [9.17, 15) is 9.59 Å². The Morgan fingerprint density at radius 2 is 2.14 bits per heavy atom. The second-order valence-corrected chi connectivity index (χ2v) is 5.54. The molecule has 6 nitrogen and oxygen atoms in total. The lowest BCUT2D eigenvalue weighted by Gasteiger charge is -2.35. The number of amides is 2. The maximum atomic E-state index is 12.6. The van der Waals surface area contributed by atoms with Crippen molar-refractivity contribution in [3.8, 4) is 0 Å². The van der Waals surface area contributed by atoms with E-state index in [1.54, 1.807) is 11.0 Å². The van der Waals surface area contributed by atoms with E-state index >= 15 is 0 Å². The predicted octanol–water partition coefficient (Wildman–Crippen LogP) is 1.49. The summed E-state index contributed by atoms with van der Waals surface area (Å²) >= 11 is 3.45. The molecule has 0 unspecified atom stereocenters. The molecule has 1 fully saturated rings. The van der Waals surface area contributed by atoms with Crippen LogP contribution in [0.3, 0.4) is 0 Å². The minimum atomic E-state index is -0.648. The van der Waals surface area contributed by atoms with Gasteiger partial charge in [-0.05, 0) is 17.7 Å². The van der Waals surface area contributed by atoms with Crippen LogP contribution in [0.25, 0.3) is 0 Å². The Balaban J connectivity index is 1.99. The van der Waals surface area contributed by atoms with Crippen molar-refractivity contribution in [1.29, 1.82) is 0 Å². The summed E-state index contributed by atoms with van der Waals surface area (Å²) in [5, 5.41) is 9.25. The standard InChI is InChI=1S/C14H13BrN4O2/c15-10-4-2-1-3-9(10)12-13(20)16-7-8-19(12)14(21)11-5-6-17-18-11/h1-6,12H,7-8H2,(H,16,20)(H,17,18)/t12-/m0/s1. The molecule has 7 heteroatoms. The number of carbonyl (C=O) groups is 2. The summed E-state index contributed by atoms with van der Waals surface area (Å²) in [6.45, 7) is 0.898. The average Bonchev–Trinajstić information content (AvgIpc) is 3.01. The predicted molar refractivity (Wildman–Crippen MR) is 79.5 cm³/mol. The van der Waals surface area contributed by atoms with Crippen LogP contribution in [0.4, 0.5) is 0 Å². The number of aromatic amines is 1. The van der Waals surface area contributed by atoms with Gasteiger partial charge in [-0.25, -0.2) is 0 Å². The topological polar surface area (TPSA) is 78.1 Å². The van der Waals surface area contributed by atoms with Crippen molar-refractivity contribution in [2.75, 3.05) is 13.1 Å². The average molecular weight is 349 g/mol. The Labute approximate surface area is 129 Å². The Kier molecular flexibility index (Phi) is 3.74. The third kappa shape index (κ3) is 2.56. The summed E-state index contributed by atoms with van der Waals surface area (Å²) in [7, 11) is 0. The van der Waals surface area contributed by atoms with Crippen molar-refractivity contribution in [2.45, 2.75) is 6.04 Å². The van der Waals surface area contributed by atoms with Crippen LogP contribution in [0.2, 0.25) is 0 Å². The van der Waals surface area contributed by atoms with E-state index in [1.807, 2.05) is 24.3 Å². The fraction of sp³-hybridized carbons (Fsp3) is 0.214. The number of aromatic nitrogens is 2. The number of halogens is 1. The summed E-state index contributed by atoms with van der Waals surface area (Å²) in [4.78, 5) is 26.4. The summed E-state index contributed by atoms with van der Waals surface area (Å²) in [5.41, 5.74) is 1.14. The summed E-state index contributed by atoms with van der Waals surface area (Å²) in [6.07, 6.45) is 1.52. The third-order valence-electron chi connectivity index (χ3n) is 3.40. The van der Waals surface area contributed by atoms with Crippen LogP contribution in [0, 0.1) is 0 Å². The summed E-state index contributed by atoms with van der Waals surface area (Å²) in [6, 6.07) is 8.37. The molecule has 0 bridgehead atoms. The van der Waals surface area contributed by atoms with Gasteiger partial charge in [0.05, 0.1) is 0 Å². The number of rotatable bonds is 2. The minimum absolute atomic E-state index is 0.180. The molecule has 1 aromatic carbocycles. The van der Waals surface area contributed by atoms with Gasteiger partial charge < -0.3 is 10.2 Å². The van der Waals surface area contributed by atoms with Crippen molar-refractivity contribution in [3.63, 3.8) is 0 Å². The van der Waals surface area contributed by atoms with Gasteiger partial charge in [0, 0.05) is 23.8 Å². The van der Waals surface area contributed by atoms with Gasteiger partial charge in [-0.3, -0.25) is 14.7 Å². The minimum Gasteiger partial charge on any atom is -0.352 e. The van der Waals surface area contributed by atoms with E-state index in [0.29, 0.717) is 18.8 Å². The van der Waals surface area contributed by atoms with Gasteiger partial charge in [-0.1, -0.05) is 34.1 Å². The lowest BCUT2D eigenvalue weighted by Crippen LogP contribution is -2.52. The smallest absolute Gasteiger partial charge is 0.272 e. The Morgan fingerprint density at radius 1 is 1.33 bits per heavy atom. The van der Waals surface area contributed by atoms with Gasteiger partial charge in [-0.15, -0.1) is 0 Å². The van der Waals surface area contributed by atoms with Crippen LogP contribution < -0.4 is 5.32 Å². The third-order valence-corrected chi connectivity index (χ3v) is 4.13. The van der Waals surface area contributed by atoms with Crippen molar-refractivity contribution in [2.24, 2.45) is 0 Å². The van der Waals surface area contributed by atoms with E-state index in [1.165, 1.54) is 6.20 Å². The van der Waals surface area contributed by atoms with E-state index in [-0.39, 0.29) is 11.8 Å². The number of nitrogens with zero attached hydrogens (tertiary/aromatic N) is 2. The molecule has 108 valence electrons. The summed E-state index contributed by atoms with van der Waals surface area (Å²) in [5.74, 6) is -0.413. The molecule has 0 spiro atoms. The number of benzene rings is 1. The Bertz CT molecular complexity index is 671. The van der Waals surface area contributed by atoms with Gasteiger partial charge in [0.25, 0.3) is 5.91 Å². The van der Waals surface area contributed by atoms with Crippen LogP contribution in [-0.2, 0) is 4.79 Å². The monoisotopic (exact) mass is 348 g/mol. The van der Waals surface area contributed by atoms with Gasteiger partial charge in [0.15, 0.2) is 0 Å². The molecule has 1 aliphatic heterocycles. The van der Waals surface area contributed by atoms with Gasteiger partial charge in [-0.2, -0.15) is 5.10 Å². The number of carbonyl (C=O) groups excluding carboxylic acids is 2. The number of hydrogen-bond donors (Lipinski definition) is 2. The lowest BCUT2D eigenvalue weighted by molar-refractivity contribution is -0.128. The molecule has 3 rings (SSSR count). The number of H-pyrrole nitrogens is 1. The number of nitrogens with one attached hydrogen (secondary N) is 2. The first-order valence-electron chi connectivity index (χ1n) is 6.51. The van der Waals surface area contributed by atoms with Gasteiger partial charge in [0.1, 0.15) is 11.7 Å².